The molecule has 0 saturated carbocycles. The highest BCUT2D eigenvalue weighted by Gasteiger charge is 2.42. The van der Waals surface area contributed by atoms with Crippen molar-refractivity contribution in [3.8, 4) is 11.5 Å². The van der Waals surface area contributed by atoms with E-state index in [9.17, 15) is 18.0 Å². The molecule has 0 radical (unpaired) electrons. The third-order valence-corrected chi connectivity index (χ3v) is 4.50. The summed E-state index contributed by atoms with van der Waals surface area (Å²) in [5, 5.41) is 17.0. The average Bonchev–Trinajstić information content (AvgIpc) is 3.37. The van der Waals surface area contributed by atoms with Gasteiger partial charge >= 0.3 is 6.18 Å². The molecule has 0 aromatic carbocycles. The summed E-state index contributed by atoms with van der Waals surface area (Å²) in [6, 6.07) is 4.99. The van der Waals surface area contributed by atoms with Crippen LogP contribution in [0.5, 0.6) is 0 Å². The van der Waals surface area contributed by atoms with Crippen molar-refractivity contribution in [2.24, 2.45) is 5.92 Å². The largest absolute Gasteiger partial charge is 0.463 e. The van der Waals surface area contributed by atoms with Gasteiger partial charge in [-0.2, -0.15) is 18.3 Å². The Morgan fingerprint density at radius 2 is 2.26 bits per heavy atom. The lowest BCUT2D eigenvalue weighted by Crippen LogP contribution is -2.32. The van der Waals surface area contributed by atoms with Gasteiger partial charge in [0.05, 0.1) is 18.7 Å². The van der Waals surface area contributed by atoms with Gasteiger partial charge in [0.1, 0.15) is 11.5 Å². The minimum absolute atomic E-state index is 0.0264. The molecule has 142 valence electrons. The van der Waals surface area contributed by atoms with Gasteiger partial charge in [-0.15, -0.1) is 10.2 Å². The number of alkyl halides is 3. The van der Waals surface area contributed by atoms with Gasteiger partial charge in [0.15, 0.2) is 17.3 Å². The third kappa shape index (κ3) is 3.44. The molecule has 2 N–H and O–H groups in total. The van der Waals surface area contributed by atoms with Crippen LogP contribution in [-0.2, 0) is 19.5 Å². The number of aromatic amines is 1. The number of H-pyrrole nitrogens is 1. The van der Waals surface area contributed by atoms with Crippen LogP contribution in [0.2, 0.25) is 0 Å². The third-order valence-electron chi connectivity index (χ3n) is 4.50. The second-order valence-electron chi connectivity index (χ2n) is 6.24. The molecule has 1 atom stereocenters. The lowest BCUT2D eigenvalue weighted by molar-refractivity contribution is -0.179. The molecule has 4 rings (SSSR count). The maximum Gasteiger partial charge on any atom is 0.392 e. The van der Waals surface area contributed by atoms with Gasteiger partial charge in [0, 0.05) is 19.0 Å². The van der Waals surface area contributed by atoms with E-state index < -0.39 is 18.0 Å². The number of carbonyl (C=O) groups is 1. The van der Waals surface area contributed by atoms with Crippen LogP contribution in [0.1, 0.15) is 28.6 Å². The highest BCUT2D eigenvalue weighted by atomic mass is 19.4. The first-order chi connectivity index (χ1) is 12.9. The van der Waals surface area contributed by atoms with E-state index in [0.717, 1.165) is 0 Å². The Balaban J connectivity index is 1.40. The molecule has 27 heavy (non-hydrogen) atoms. The normalized spacial score (nSPS) is 16.9. The number of halogens is 3. The fourth-order valence-corrected chi connectivity index (χ4v) is 3.05. The number of fused-ring (bicyclic) bond motifs is 1. The summed E-state index contributed by atoms with van der Waals surface area (Å²) >= 11 is 0. The quantitative estimate of drug-likeness (QED) is 0.723. The standard InChI is InChI=1S/C16H15F3N6O2/c17-16(18,19)9-3-4-25-13(6-9)23-24-14(25)8-20-15(26)11-7-10(21-22-11)12-2-1-5-27-12/h1-2,5,7,9H,3-4,6,8H2,(H,20,26)(H,21,22)/t9-/m0/s1. The Bertz CT molecular complexity index is 944. The number of nitrogens with one attached hydrogen (secondary N) is 2. The number of amides is 1. The van der Waals surface area contributed by atoms with Crippen molar-refractivity contribution >= 4 is 5.91 Å². The summed E-state index contributed by atoms with van der Waals surface area (Å²) in [4.78, 5) is 12.2. The van der Waals surface area contributed by atoms with Crippen molar-refractivity contribution in [3.63, 3.8) is 0 Å². The topological polar surface area (TPSA) is 102 Å². The average molecular weight is 380 g/mol. The second kappa shape index (κ2) is 6.56. The highest BCUT2D eigenvalue weighted by molar-refractivity contribution is 5.93. The molecular weight excluding hydrogens is 365 g/mol. The fraction of sp³-hybridized carbons (Fsp3) is 0.375. The Morgan fingerprint density at radius 1 is 1.41 bits per heavy atom. The Kier molecular flexibility index (Phi) is 4.21. The van der Waals surface area contributed by atoms with Crippen LogP contribution in [0.4, 0.5) is 13.2 Å². The molecule has 0 bridgehead atoms. The molecule has 0 spiro atoms. The number of rotatable bonds is 4. The maximum atomic E-state index is 12.9. The van der Waals surface area contributed by atoms with Crippen LogP contribution in [-0.4, -0.2) is 37.0 Å². The number of carbonyl (C=O) groups excluding carboxylic acids is 1. The molecule has 3 aromatic rings. The van der Waals surface area contributed by atoms with E-state index in [0.29, 0.717) is 17.3 Å². The summed E-state index contributed by atoms with van der Waals surface area (Å²) in [6.07, 6.45) is -2.96. The van der Waals surface area contributed by atoms with Crippen molar-refractivity contribution < 1.29 is 22.4 Å². The molecular formula is C16H15F3N6O2. The van der Waals surface area contributed by atoms with E-state index in [4.69, 9.17) is 4.42 Å². The Hall–Kier alpha value is -3.11. The molecule has 11 heteroatoms. The molecule has 1 aliphatic rings. The van der Waals surface area contributed by atoms with E-state index in [1.54, 1.807) is 22.8 Å². The SMILES string of the molecule is O=C(NCc1nnc2n1CC[C@H](C(F)(F)F)C2)c1cc(-c2ccco2)[nH]n1. The van der Waals surface area contributed by atoms with E-state index >= 15 is 0 Å². The van der Waals surface area contributed by atoms with Gasteiger partial charge in [-0.1, -0.05) is 0 Å². The van der Waals surface area contributed by atoms with E-state index in [1.807, 2.05) is 0 Å². The predicted molar refractivity (Wildman–Crippen MR) is 85.3 cm³/mol. The molecule has 0 saturated heterocycles. The van der Waals surface area contributed by atoms with Crippen LogP contribution in [0, 0.1) is 5.92 Å². The molecule has 8 nitrogen and oxygen atoms in total. The molecule has 1 amide bonds. The van der Waals surface area contributed by atoms with Gasteiger partial charge in [-0.25, -0.2) is 0 Å². The first kappa shape index (κ1) is 17.3. The predicted octanol–water partition coefficient (Wildman–Crippen LogP) is 2.32. The van der Waals surface area contributed by atoms with E-state index in [2.05, 4.69) is 25.7 Å². The van der Waals surface area contributed by atoms with Gasteiger partial charge in [0.25, 0.3) is 5.91 Å². The number of nitrogens with zero attached hydrogens (tertiary/aromatic N) is 4. The van der Waals surface area contributed by atoms with Crippen molar-refractivity contribution in [1.82, 2.24) is 30.3 Å². The number of aromatic nitrogens is 5. The fourth-order valence-electron chi connectivity index (χ4n) is 3.05. The zero-order chi connectivity index (χ0) is 19.0. The summed E-state index contributed by atoms with van der Waals surface area (Å²) in [6.45, 7) is 0.216. The van der Waals surface area contributed by atoms with Gasteiger partial charge in [-0.05, 0) is 18.6 Å². The van der Waals surface area contributed by atoms with Crippen LogP contribution >= 0.6 is 0 Å². The number of hydrogen-bond donors (Lipinski definition) is 2. The van der Waals surface area contributed by atoms with Crippen molar-refractivity contribution in [2.75, 3.05) is 0 Å². The van der Waals surface area contributed by atoms with Gasteiger partial charge < -0.3 is 14.3 Å². The monoisotopic (exact) mass is 380 g/mol. The van der Waals surface area contributed by atoms with Crippen molar-refractivity contribution in [3.05, 3.63) is 41.8 Å². The summed E-state index contributed by atoms with van der Waals surface area (Å²) in [7, 11) is 0. The van der Waals surface area contributed by atoms with Crippen molar-refractivity contribution in [2.45, 2.75) is 32.1 Å². The molecule has 1 aliphatic heterocycles. The summed E-state index contributed by atoms with van der Waals surface area (Å²) < 4.78 is 45.4. The van der Waals surface area contributed by atoms with Crippen LogP contribution in [0.15, 0.2) is 28.9 Å². The van der Waals surface area contributed by atoms with Crippen LogP contribution in [0.25, 0.3) is 11.5 Å². The smallest absolute Gasteiger partial charge is 0.392 e. The zero-order valence-corrected chi connectivity index (χ0v) is 14.0. The Labute approximate surface area is 150 Å². The number of furan rings is 1. The minimum atomic E-state index is -4.24. The summed E-state index contributed by atoms with van der Waals surface area (Å²) in [5.41, 5.74) is 0.722. The van der Waals surface area contributed by atoms with Crippen LogP contribution < -0.4 is 5.32 Å². The lowest BCUT2D eigenvalue weighted by Gasteiger charge is -2.25. The lowest BCUT2D eigenvalue weighted by atomic mass is 9.97. The minimum Gasteiger partial charge on any atom is -0.463 e. The van der Waals surface area contributed by atoms with E-state index in [-0.39, 0.29) is 37.4 Å². The van der Waals surface area contributed by atoms with Crippen molar-refractivity contribution in [1.29, 1.82) is 0 Å². The zero-order valence-electron chi connectivity index (χ0n) is 14.0. The number of hydrogen-bond acceptors (Lipinski definition) is 5. The second-order valence-corrected chi connectivity index (χ2v) is 6.24. The Morgan fingerprint density at radius 3 is 3.00 bits per heavy atom. The first-order valence-electron chi connectivity index (χ1n) is 8.27. The maximum absolute atomic E-state index is 12.9. The van der Waals surface area contributed by atoms with Crippen LogP contribution in [0.3, 0.4) is 0 Å². The molecule has 0 fully saturated rings. The summed E-state index contributed by atoms with van der Waals surface area (Å²) in [5.74, 6) is -0.591. The highest BCUT2D eigenvalue weighted by Crippen LogP contribution is 2.34. The van der Waals surface area contributed by atoms with E-state index in [1.165, 1.54) is 6.26 Å². The molecule has 0 aliphatic carbocycles. The molecule has 4 heterocycles. The molecule has 3 aromatic heterocycles. The van der Waals surface area contributed by atoms with Gasteiger partial charge in [0.2, 0.25) is 0 Å². The van der Waals surface area contributed by atoms with Gasteiger partial charge in [-0.3, -0.25) is 9.89 Å². The molecule has 0 unspecified atom stereocenters. The first-order valence-corrected chi connectivity index (χ1v) is 8.27.